The van der Waals surface area contributed by atoms with Crippen LogP contribution in [-0.4, -0.2) is 50.3 Å². The fourth-order valence-corrected chi connectivity index (χ4v) is 5.53. The third-order valence-electron chi connectivity index (χ3n) is 7.57. The van der Waals surface area contributed by atoms with Crippen molar-refractivity contribution in [3.63, 3.8) is 0 Å². The van der Waals surface area contributed by atoms with Crippen molar-refractivity contribution >= 4 is 39.5 Å². The van der Waals surface area contributed by atoms with Crippen LogP contribution in [0.5, 0.6) is 0 Å². The van der Waals surface area contributed by atoms with Crippen molar-refractivity contribution in [3.8, 4) is 0 Å². The predicted octanol–water partition coefficient (Wildman–Crippen LogP) is 5.20. The summed E-state index contributed by atoms with van der Waals surface area (Å²) in [5, 5.41) is 11.3. The van der Waals surface area contributed by atoms with Gasteiger partial charge in [0.2, 0.25) is 5.91 Å². The van der Waals surface area contributed by atoms with Crippen LogP contribution in [0.2, 0.25) is 0 Å². The fourth-order valence-electron chi connectivity index (χ4n) is 5.28. The van der Waals surface area contributed by atoms with Crippen LogP contribution in [0.3, 0.4) is 0 Å². The Morgan fingerprint density at radius 3 is 2.73 bits per heavy atom. The molecule has 2 aliphatic heterocycles. The third kappa shape index (κ3) is 5.49. The van der Waals surface area contributed by atoms with Crippen molar-refractivity contribution in [2.24, 2.45) is 0 Å². The molecule has 4 amide bonds. The zero-order valence-electron chi connectivity index (χ0n) is 22.1. The zero-order chi connectivity index (χ0) is 28.6. The van der Waals surface area contributed by atoms with Gasteiger partial charge in [-0.1, -0.05) is 33.3 Å². The maximum absolute atomic E-state index is 14.2. The van der Waals surface area contributed by atoms with Gasteiger partial charge in [-0.3, -0.25) is 9.59 Å². The SMILES string of the molecule is Cc1cc([C@@H](C)n2cc(C3CCCCN3C(=O)CCC3NC(=O)N(c4ccc(F)cc4F)C3=O)nn2)ccc1Br. The molecule has 3 heterocycles. The summed E-state index contributed by atoms with van der Waals surface area (Å²) < 4.78 is 30.4. The Morgan fingerprint density at radius 1 is 1.18 bits per heavy atom. The second-order valence-corrected chi connectivity index (χ2v) is 11.1. The fraction of sp³-hybridized carbons (Fsp3) is 0.393. The molecule has 3 aromatic rings. The molecule has 5 rings (SSSR count). The third-order valence-corrected chi connectivity index (χ3v) is 8.46. The molecule has 2 saturated heterocycles. The Kier molecular flexibility index (Phi) is 7.97. The highest BCUT2D eigenvalue weighted by atomic mass is 79.9. The molecule has 2 aliphatic rings. The van der Waals surface area contributed by atoms with Gasteiger partial charge in [0.25, 0.3) is 5.91 Å². The van der Waals surface area contributed by atoms with E-state index in [4.69, 9.17) is 0 Å². The molecule has 3 atom stereocenters. The van der Waals surface area contributed by atoms with Crippen LogP contribution in [0.15, 0.2) is 47.1 Å². The molecule has 0 spiro atoms. The number of likely N-dealkylation sites (tertiary alicyclic amines) is 1. The highest BCUT2D eigenvalue weighted by molar-refractivity contribution is 9.10. The number of hydrogen-bond donors (Lipinski definition) is 1. The van der Waals surface area contributed by atoms with Crippen LogP contribution in [0, 0.1) is 18.6 Å². The van der Waals surface area contributed by atoms with Gasteiger partial charge in [-0.05, 0) is 68.9 Å². The minimum atomic E-state index is -1.02. The first-order valence-corrected chi connectivity index (χ1v) is 14.0. The number of halogens is 3. The maximum atomic E-state index is 14.2. The van der Waals surface area contributed by atoms with E-state index in [1.807, 2.05) is 32.2 Å². The van der Waals surface area contributed by atoms with Gasteiger partial charge in [0, 0.05) is 23.5 Å². The number of aryl methyl sites for hydroxylation is 1. The monoisotopic (exact) mass is 614 g/mol. The number of nitrogens with one attached hydrogen (secondary N) is 1. The van der Waals surface area contributed by atoms with Gasteiger partial charge in [0.15, 0.2) is 0 Å². The number of piperidine rings is 1. The summed E-state index contributed by atoms with van der Waals surface area (Å²) in [6, 6.07) is 6.68. The van der Waals surface area contributed by atoms with Gasteiger partial charge in [-0.15, -0.1) is 5.10 Å². The molecule has 1 N–H and O–H groups in total. The molecule has 1 aromatic heterocycles. The number of nitrogens with zero attached hydrogens (tertiary/aromatic N) is 5. The normalized spacial score (nSPS) is 20.1. The number of carbonyl (C=O) groups excluding carboxylic acids is 3. The minimum absolute atomic E-state index is 0.00956. The van der Waals surface area contributed by atoms with Crippen molar-refractivity contribution in [1.29, 1.82) is 0 Å². The average Bonchev–Trinajstić information content (AvgIpc) is 3.53. The van der Waals surface area contributed by atoms with Crippen molar-refractivity contribution in [2.45, 2.75) is 64.1 Å². The van der Waals surface area contributed by atoms with Gasteiger partial charge in [0.1, 0.15) is 23.4 Å². The van der Waals surface area contributed by atoms with Crippen LogP contribution in [-0.2, 0) is 9.59 Å². The van der Waals surface area contributed by atoms with E-state index in [9.17, 15) is 23.2 Å². The summed E-state index contributed by atoms with van der Waals surface area (Å²) in [6.07, 6.45) is 4.48. The maximum Gasteiger partial charge on any atom is 0.329 e. The van der Waals surface area contributed by atoms with E-state index in [2.05, 4.69) is 37.6 Å². The number of benzene rings is 2. The van der Waals surface area contributed by atoms with Crippen LogP contribution in [0.4, 0.5) is 19.3 Å². The van der Waals surface area contributed by atoms with Gasteiger partial charge in [0.05, 0.1) is 24.0 Å². The van der Waals surface area contributed by atoms with Crippen molar-refractivity contribution in [2.75, 3.05) is 11.4 Å². The number of anilines is 1. The predicted molar refractivity (Wildman–Crippen MR) is 146 cm³/mol. The molecule has 40 heavy (non-hydrogen) atoms. The van der Waals surface area contributed by atoms with E-state index in [1.54, 1.807) is 9.58 Å². The standard InChI is InChI=1S/C28H29BrF2N6O3/c1-16-13-18(6-8-20(16)29)17(2)36-15-23(33-34-36)25-5-3-4-12-35(25)26(38)11-9-22-27(39)37(28(40)32-22)24-10-7-19(30)14-21(24)31/h6-8,10,13-15,17,22,25H,3-5,9,11-12H2,1-2H3,(H,32,40)/t17-,22?,25?/m1/s1. The van der Waals surface area contributed by atoms with Crippen molar-refractivity contribution in [1.82, 2.24) is 25.2 Å². The highest BCUT2D eigenvalue weighted by Gasteiger charge is 2.41. The zero-order valence-corrected chi connectivity index (χ0v) is 23.7. The number of carbonyl (C=O) groups is 3. The van der Waals surface area contributed by atoms with E-state index in [0.29, 0.717) is 23.2 Å². The van der Waals surface area contributed by atoms with E-state index >= 15 is 0 Å². The molecule has 0 aliphatic carbocycles. The highest BCUT2D eigenvalue weighted by Crippen LogP contribution is 2.32. The quantitative estimate of drug-likeness (QED) is 0.369. The first-order chi connectivity index (χ1) is 19.1. The summed E-state index contributed by atoms with van der Waals surface area (Å²) in [4.78, 5) is 41.1. The van der Waals surface area contributed by atoms with Crippen molar-refractivity contribution in [3.05, 3.63) is 75.5 Å². The number of amides is 4. The number of imide groups is 1. The van der Waals surface area contributed by atoms with Crippen molar-refractivity contribution < 1.29 is 23.2 Å². The van der Waals surface area contributed by atoms with Crippen LogP contribution in [0.1, 0.15) is 67.9 Å². The molecule has 0 radical (unpaired) electrons. The number of rotatable bonds is 7. The summed E-state index contributed by atoms with van der Waals surface area (Å²) in [5.41, 5.74) is 2.59. The summed E-state index contributed by atoms with van der Waals surface area (Å²) in [7, 11) is 0. The second kappa shape index (κ2) is 11.4. The number of urea groups is 1. The minimum Gasteiger partial charge on any atom is -0.334 e. The van der Waals surface area contributed by atoms with E-state index in [-0.39, 0.29) is 36.5 Å². The first kappa shape index (κ1) is 27.9. The lowest BCUT2D eigenvalue weighted by Gasteiger charge is -2.34. The molecule has 0 saturated carbocycles. The first-order valence-electron chi connectivity index (χ1n) is 13.2. The molecular formula is C28H29BrF2N6O3. The molecular weight excluding hydrogens is 586 g/mol. The Labute approximate surface area is 238 Å². The van der Waals surface area contributed by atoms with E-state index < -0.39 is 29.6 Å². The number of aromatic nitrogens is 3. The van der Waals surface area contributed by atoms with Gasteiger partial charge in [-0.25, -0.2) is 23.2 Å². The Balaban J connectivity index is 1.25. The molecule has 0 bridgehead atoms. The summed E-state index contributed by atoms with van der Waals surface area (Å²) in [5.74, 6) is -2.68. The van der Waals surface area contributed by atoms with Gasteiger partial charge in [-0.2, -0.15) is 0 Å². The molecule has 2 aromatic carbocycles. The van der Waals surface area contributed by atoms with Gasteiger partial charge < -0.3 is 10.2 Å². The van der Waals surface area contributed by atoms with Crippen LogP contribution < -0.4 is 10.2 Å². The largest absolute Gasteiger partial charge is 0.334 e. The van der Waals surface area contributed by atoms with Gasteiger partial charge >= 0.3 is 6.03 Å². The Morgan fingerprint density at radius 2 is 1.98 bits per heavy atom. The van der Waals surface area contributed by atoms with E-state index in [1.165, 1.54) is 0 Å². The lowest BCUT2D eigenvalue weighted by Crippen LogP contribution is -2.40. The summed E-state index contributed by atoms with van der Waals surface area (Å²) >= 11 is 3.53. The summed E-state index contributed by atoms with van der Waals surface area (Å²) in [6.45, 7) is 4.62. The smallest absolute Gasteiger partial charge is 0.329 e. The number of hydrogen-bond acceptors (Lipinski definition) is 5. The molecule has 2 unspecified atom stereocenters. The molecule has 12 heteroatoms. The van der Waals surface area contributed by atoms with Crippen LogP contribution >= 0.6 is 15.9 Å². The Bertz CT molecular complexity index is 1460. The Hall–Kier alpha value is -3.67. The average molecular weight is 615 g/mol. The topological polar surface area (TPSA) is 100 Å². The second-order valence-electron chi connectivity index (χ2n) is 10.2. The lowest BCUT2D eigenvalue weighted by atomic mass is 9.98. The molecule has 9 nitrogen and oxygen atoms in total. The van der Waals surface area contributed by atoms with E-state index in [0.717, 1.165) is 47.0 Å². The lowest BCUT2D eigenvalue weighted by molar-refractivity contribution is -0.135. The molecule has 210 valence electrons. The molecule has 2 fully saturated rings. The van der Waals surface area contributed by atoms with Crippen LogP contribution in [0.25, 0.3) is 0 Å².